The van der Waals surface area contributed by atoms with Crippen molar-refractivity contribution >= 4 is 6.09 Å². The standard InChI is InChI=1S/C7H9NO5/c9-7(8-10)13-5-3-12-6-4(5)1-2-11-6/h4-6H,1-3H2/t4-,5-,6+/m0/s1. The van der Waals surface area contributed by atoms with E-state index in [1.165, 1.54) is 0 Å². The largest absolute Gasteiger partial charge is 0.470 e. The van der Waals surface area contributed by atoms with Crippen LogP contribution in [0, 0.1) is 10.8 Å². The average molecular weight is 187 g/mol. The molecule has 2 saturated heterocycles. The minimum Gasteiger partial charge on any atom is -0.440 e. The van der Waals surface area contributed by atoms with E-state index in [1.54, 1.807) is 0 Å². The number of rotatable bonds is 1. The van der Waals surface area contributed by atoms with Gasteiger partial charge in [-0.2, -0.15) is 0 Å². The second kappa shape index (κ2) is 3.39. The lowest BCUT2D eigenvalue weighted by atomic mass is 10.0. The number of ether oxygens (including phenoxy) is 3. The highest BCUT2D eigenvalue weighted by molar-refractivity contribution is 5.68. The van der Waals surface area contributed by atoms with Crippen LogP contribution in [0.1, 0.15) is 6.42 Å². The van der Waals surface area contributed by atoms with E-state index < -0.39 is 6.09 Å². The summed E-state index contributed by atoms with van der Waals surface area (Å²) in [5.41, 5.74) is 0. The van der Waals surface area contributed by atoms with Crippen LogP contribution < -0.4 is 0 Å². The molecule has 1 amide bonds. The molecular weight excluding hydrogens is 178 g/mol. The summed E-state index contributed by atoms with van der Waals surface area (Å²) in [5, 5.41) is 2.16. The molecule has 6 heteroatoms. The van der Waals surface area contributed by atoms with Gasteiger partial charge in [-0.1, -0.05) is 0 Å². The lowest BCUT2D eigenvalue weighted by Crippen LogP contribution is -2.24. The lowest BCUT2D eigenvalue weighted by molar-refractivity contribution is -0.0907. The predicted molar refractivity (Wildman–Crippen MR) is 39.9 cm³/mol. The Morgan fingerprint density at radius 2 is 2.31 bits per heavy atom. The maximum atomic E-state index is 10.6. The van der Waals surface area contributed by atoms with Crippen LogP contribution in [0.5, 0.6) is 0 Å². The van der Waals surface area contributed by atoms with Gasteiger partial charge in [-0.05, 0) is 6.42 Å². The number of hydrogen-bond donors (Lipinski definition) is 0. The molecule has 0 unspecified atom stereocenters. The second-order valence-electron chi connectivity index (χ2n) is 3.04. The average Bonchev–Trinajstić information content (AvgIpc) is 2.69. The van der Waals surface area contributed by atoms with Crippen LogP contribution in [0.15, 0.2) is 5.18 Å². The van der Waals surface area contributed by atoms with Gasteiger partial charge in [0.1, 0.15) is 6.10 Å². The summed E-state index contributed by atoms with van der Waals surface area (Å²) >= 11 is 0. The number of nitroso groups, excluding NO2 is 1. The van der Waals surface area contributed by atoms with Crippen LogP contribution in [0.4, 0.5) is 4.79 Å². The Hall–Kier alpha value is -1.01. The number of carbonyl (C=O) groups excluding carboxylic acids is 1. The summed E-state index contributed by atoms with van der Waals surface area (Å²) in [5.74, 6) is 0.0608. The van der Waals surface area contributed by atoms with Crippen molar-refractivity contribution in [3.8, 4) is 0 Å². The number of fused-ring (bicyclic) bond motifs is 1. The highest BCUT2D eigenvalue weighted by Crippen LogP contribution is 2.32. The molecule has 0 saturated carbocycles. The van der Waals surface area contributed by atoms with E-state index in [0.29, 0.717) is 6.61 Å². The van der Waals surface area contributed by atoms with E-state index in [2.05, 4.69) is 5.18 Å². The highest BCUT2D eigenvalue weighted by atomic mass is 16.7. The molecule has 0 aromatic heterocycles. The molecule has 0 aromatic carbocycles. The monoisotopic (exact) mass is 187 g/mol. The molecule has 0 bridgehead atoms. The molecule has 0 radical (unpaired) electrons. The van der Waals surface area contributed by atoms with E-state index in [0.717, 1.165) is 6.42 Å². The smallest absolute Gasteiger partial charge is 0.440 e. The summed E-state index contributed by atoms with van der Waals surface area (Å²) < 4.78 is 15.1. The Labute approximate surface area is 74.1 Å². The van der Waals surface area contributed by atoms with Gasteiger partial charge in [0.25, 0.3) is 0 Å². The summed E-state index contributed by atoms with van der Waals surface area (Å²) in [6.07, 6.45) is -0.940. The van der Waals surface area contributed by atoms with Gasteiger partial charge in [-0.3, -0.25) is 0 Å². The maximum absolute atomic E-state index is 10.6. The molecule has 0 N–H and O–H groups in total. The molecule has 2 aliphatic rings. The van der Waals surface area contributed by atoms with Crippen molar-refractivity contribution in [3.05, 3.63) is 4.91 Å². The van der Waals surface area contributed by atoms with Crippen molar-refractivity contribution in [1.29, 1.82) is 0 Å². The van der Waals surface area contributed by atoms with E-state index >= 15 is 0 Å². The molecular formula is C7H9NO5. The van der Waals surface area contributed by atoms with Crippen molar-refractivity contribution in [2.24, 2.45) is 11.1 Å². The third-order valence-electron chi connectivity index (χ3n) is 2.31. The SMILES string of the molecule is O=NC(=O)O[C@H]1CO[C@H]2OCC[C@H]21. The van der Waals surface area contributed by atoms with Gasteiger partial charge in [0.15, 0.2) is 6.29 Å². The molecule has 2 rings (SSSR count). The first-order valence-corrected chi connectivity index (χ1v) is 4.08. The van der Waals surface area contributed by atoms with Crippen LogP contribution in [0.2, 0.25) is 0 Å². The predicted octanol–water partition coefficient (Wildman–Crippen LogP) is 0.651. The Bertz CT molecular complexity index is 231. The van der Waals surface area contributed by atoms with Gasteiger partial charge < -0.3 is 14.2 Å². The molecule has 2 heterocycles. The number of nitrogens with zero attached hydrogens (tertiary/aromatic N) is 1. The lowest BCUT2D eigenvalue weighted by Gasteiger charge is -2.12. The van der Waals surface area contributed by atoms with E-state index in [-0.39, 0.29) is 24.9 Å². The van der Waals surface area contributed by atoms with Crippen LogP contribution in [-0.2, 0) is 14.2 Å². The van der Waals surface area contributed by atoms with Gasteiger partial charge in [-0.25, -0.2) is 4.79 Å². The zero-order chi connectivity index (χ0) is 9.26. The third-order valence-corrected chi connectivity index (χ3v) is 2.31. The first-order valence-electron chi connectivity index (χ1n) is 4.08. The molecule has 6 nitrogen and oxygen atoms in total. The zero-order valence-electron chi connectivity index (χ0n) is 6.84. The van der Waals surface area contributed by atoms with Gasteiger partial charge in [0.05, 0.1) is 24.3 Å². The Morgan fingerprint density at radius 1 is 1.46 bits per heavy atom. The maximum Gasteiger partial charge on any atom is 0.470 e. The quantitative estimate of drug-likeness (QED) is 0.563. The molecule has 0 aromatic rings. The Balaban J connectivity index is 1.93. The van der Waals surface area contributed by atoms with Crippen molar-refractivity contribution in [1.82, 2.24) is 0 Å². The fourth-order valence-electron chi connectivity index (χ4n) is 1.70. The minimum atomic E-state index is -1.08. The molecule has 13 heavy (non-hydrogen) atoms. The fourth-order valence-corrected chi connectivity index (χ4v) is 1.70. The normalized spacial score (nSPS) is 37.1. The third kappa shape index (κ3) is 1.54. The van der Waals surface area contributed by atoms with Crippen molar-refractivity contribution in [3.63, 3.8) is 0 Å². The number of amides is 1. The first-order chi connectivity index (χ1) is 6.31. The zero-order valence-corrected chi connectivity index (χ0v) is 6.84. The summed E-state index contributed by atoms with van der Waals surface area (Å²) in [6, 6.07) is 0. The molecule has 2 aliphatic heterocycles. The Morgan fingerprint density at radius 3 is 3.08 bits per heavy atom. The number of carbonyl (C=O) groups is 1. The van der Waals surface area contributed by atoms with E-state index in [1.807, 2.05) is 0 Å². The van der Waals surface area contributed by atoms with E-state index in [9.17, 15) is 9.70 Å². The summed E-state index contributed by atoms with van der Waals surface area (Å²) in [6.45, 7) is 0.897. The molecule has 0 aliphatic carbocycles. The minimum absolute atomic E-state index is 0.0608. The van der Waals surface area contributed by atoms with Crippen molar-refractivity contribution in [2.45, 2.75) is 18.8 Å². The van der Waals surface area contributed by atoms with E-state index in [4.69, 9.17) is 14.2 Å². The van der Waals surface area contributed by atoms with Crippen molar-refractivity contribution in [2.75, 3.05) is 13.2 Å². The summed E-state index contributed by atoms with van der Waals surface area (Å²) in [4.78, 5) is 20.3. The van der Waals surface area contributed by atoms with Crippen LogP contribution in [0.3, 0.4) is 0 Å². The van der Waals surface area contributed by atoms with Crippen LogP contribution in [-0.4, -0.2) is 31.7 Å². The molecule has 72 valence electrons. The molecule has 3 atom stereocenters. The Kier molecular flexibility index (Phi) is 2.24. The fraction of sp³-hybridized carbons (Fsp3) is 0.857. The van der Waals surface area contributed by atoms with Crippen LogP contribution in [0.25, 0.3) is 0 Å². The van der Waals surface area contributed by atoms with Gasteiger partial charge >= 0.3 is 6.09 Å². The topological polar surface area (TPSA) is 74.2 Å². The first kappa shape index (κ1) is 8.58. The van der Waals surface area contributed by atoms with Crippen LogP contribution >= 0.6 is 0 Å². The van der Waals surface area contributed by atoms with Gasteiger partial charge in [-0.15, -0.1) is 4.91 Å². The van der Waals surface area contributed by atoms with Gasteiger partial charge in [0, 0.05) is 0 Å². The number of hydrogen-bond acceptors (Lipinski definition) is 5. The highest BCUT2D eigenvalue weighted by Gasteiger charge is 2.43. The summed E-state index contributed by atoms with van der Waals surface area (Å²) in [7, 11) is 0. The second-order valence-corrected chi connectivity index (χ2v) is 3.04. The van der Waals surface area contributed by atoms with Crippen molar-refractivity contribution < 1.29 is 19.0 Å². The van der Waals surface area contributed by atoms with Gasteiger partial charge in [0.2, 0.25) is 0 Å². The molecule has 2 fully saturated rings. The molecule has 0 spiro atoms.